The summed E-state index contributed by atoms with van der Waals surface area (Å²) in [4.78, 5) is 4.15. The number of methoxy groups -OCH3 is 1. The van der Waals surface area contributed by atoms with Crippen molar-refractivity contribution in [2.24, 2.45) is 5.73 Å². The van der Waals surface area contributed by atoms with Gasteiger partial charge in [0.1, 0.15) is 11.5 Å². The molecule has 0 amide bonds. The normalized spacial score (nSPS) is 10.2. The van der Waals surface area contributed by atoms with Crippen molar-refractivity contribution in [2.75, 3.05) is 7.11 Å². The molecule has 4 heteroatoms. The lowest BCUT2D eigenvalue weighted by Gasteiger charge is -2.06. The van der Waals surface area contributed by atoms with Gasteiger partial charge in [0.05, 0.1) is 7.11 Å². The van der Waals surface area contributed by atoms with E-state index in [1.807, 2.05) is 24.3 Å². The third-order valence-electron chi connectivity index (χ3n) is 2.17. The van der Waals surface area contributed by atoms with E-state index in [0.717, 1.165) is 10.8 Å². The van der Waals surface area contributed by atoms with Crippen molar-refractivity contribution in [1.29, 1.82) is 5.41 Å². The molecule has 3 N–H and O–H groups in total. The number of benzene rings is 1. The summed E-state index contributed by atoms with van der Waals surface area (Å²) in [6, 6.07) is 9.48. The number of ether oxygens (including phenoxy) is 1. The Labute approximate surface area is 87.2 Å². The number of hydrogen-bond donors (Lipinski definition) is 2. The summed E-state index contributed by atoms with van der Waals surface area (Å²) in [5.74, 6) is 0.442. The first-order chi connectivity index (χ1) is 7.22. The standard InChI is InChI=1S/C11H11N3O/c1-15-11-8-5-3-2-4-7(8)6-9(14-11)10(12)13/h2-6H,1H3,(H3,12,13). The van der Waals surface area contributed by atoms with Crippen LogP contribution in [-0.2, 0) is 0 Å². The molecule has 2 aromatic rings. The van der Waals surface area contributed by atoms with Gasteiger partial charge in [-0.3, -0.25) is 5.41 Å². The van der Waals surface area contributed by atoms with Crippen molar-refractivity contribution in [3.8, 4) is 5.88 Å². The predicted octanol–water partition coefficient (Wildman–Crippen LogP) is 1.53. The highest BCUT2D eigenvalue weighted by Crippen LogP contribution is 2.23. The van der Waals surface area contributed by atoms with E-state index in [0.29, 0.717) is 11.6 Å². The molecule has 1 aromatic heterocycles. The van der Waals surface area contributed by atoms with E-state index in [1.54, 1.807) is 13.2 Å². The zero-order valence-electron chi connectivity index (χ0n) is 8.32. The molecule has 1 aromatic carbocycles. The van der Waals surface area contributed by atoms with Crippen LogP contribution >= 0.6 is 0 Å². The van der Waals surface area contributed by atoms with E-state index in [4.69, 9.17) is 15.9 Å². The summed E-state index contributed by atoms with van der Waals surface area (Å²) >= 11 is 0. The van der Waals surface area contributed by atoms with Crippen LogP contribution < -0.4 is 10.5 Å². The average molecular weight is 201 g/mol. The number of amidine groups is 1. The molecule has 0 aliphatic carbocycles. The molecule has 2 rings (SSSR count). The molecule has 0 bridgehead atoms. The van der Waals surface area contributed by atoms with Gasteiger partial charge in [0.15, 0.2) is 0 Å². The number of rotatable bonds is 2. The zero-order valence-corrected chi connectivity index (χ0v) is 8.32. The molecule has 0 aliphatic heterocycles. The first-order valence-corrected chi connectivity index (χ1v) is 4.50. The lowest BCUT2D eigenvalue weighted by atomic mass is 10.1. The fourth-order valence-corrected chi connectivity index (χ4v) is 1.46. The topological polar surface area (TPSA) is 72.0 Å². The van der Waals surface area contributed by atoms with Gasteiger partial charge >= 0.3 is 0 Å². The van der Waals surface area contributed by atoms with Crippen LogP contribution in [0.3, 0.4) is 0 Å². The number of nitrogen functional groups attached to an aromatic ring is 1. The molecule has 0 unspecified atom stereocenters. The van der Waals surface area contributed by atoms with E-state index < -0.39 is 0 Å². The fraction of sp³-hybridized carbons (Fsp3) is 0.0909. The molecule has 1 heterocycles. The molecule has 76 valence electrons. The molecular formula is C11H11N3O. The summed E-state index contributed by atoms with van der Waals surface area (Å²) in [6.45, 7) is 0. The minimum atomic E-state index is -0.0564. The molecule has 4 nitrogen and oxygen atoms in total. The summed E-state index contributed by atoms with van der Waals surface area (Å²) in [5.41, 5.74) is 5.83. The smallest absolute Gasteiger partial charge is 0.221 e. The minimum absolute atomic E-state index is 0.0564. The van der Waals surface area contributed by atoms with Crippen LogP contribution in [0.25, 0.3) is 10.8 Å². The van der Waals surface area contributed by atoms with Crippen LogP contribution in [0.15, 0.2) is 30.3 Å². The van der Waals surface area contributed by atoms with Crippen molar-refractivity contribution >= 4 is 16.6 Å². The Morgan fingerprint density at radius 2 is 2.13 bits per heavy atom. The number of nitrogens with zero attached hydrogens (tertiary/aromatic N) is 1. The largest absolute Gasteiger partial charge is 0.481 e. The Kier molecular flexibility index (Phi) is 2.25. The summed E-state index contributed by atoms with van der Waals surface area (Å²) in [5, 5.41) is 9.23. The van der Waals surface area contributed by atoms with Gasteiger partial charge in [0, 0.05) is 5.39 Å². The Morgan fingerprint density at radius 1 is 1.40 bits per heavy atom. The van der Waals surface area contributed by atoms with Crippen LogP contribution in [0.2, 0.25) is 0 Å². The van der Waals surface area contributed by atoms with E-state index in [2.05, 4.69) is 4.98 Å². The summed E-state index contributed by atoms with van der Waals surface area (Å²) in [7, 11) is 1.55. The fourth-order valence-electron chi connectivity index (χ4n) is 1.46. The zero-order chi connectivity index (χ0) is 10.8. The SMILES string of the molecule is COc1nc(C(=N)N)cc2ccccc12. The Morgan fingerprint density at radius 3 is 2.80 bits per heavy atom. The molecule has 0 saturated carbocycles. The van der Waals surface area contributed by atoms with Gasteiger partial charge in [-0.2, -0.15) is 0 Å². The second-order valence-electron chi connectivity index (χ2n) is 3.15. The Balaban J connectivity index is 2.77. The Bertz CT molecular complexity index is 522. The minimum Gasteiger partial charge on any atom is -0.481 e. The quantitative estimate of drug-likeness (QED) is 0.571. The van der Waals surface area contributed by atoms with Gasteiger partial charge in [-0.15, -0.1) is 0 Å². The molecule has 0 atom stereocenters. The number of pyridine rings is 1. The highest BCUT2D eigenvalue weighted by atomic mass is 16.5. The van der Waals surface area contributed by atoms with Gasteiger partial charge in [-0.05, 0) is 17.5 Å². The first kappa shape index (κ1) is 9.45. The van der Waals surface area contributed by atoms with Crippen molar-refractivity contribution < 1.29 is 4.74 Å². The van der Waals surface area contributed by atoms with Crippen LogP contribution in [0.4, 0.5) is 0 Å². The predicted molar refractivity (Wildman–Crippen MR) is 59.3 cm³/mol. The van der Waals surface area contributed by atoms with Crippen molar-refractivity contribution in [1.82, 2.24) is 4.98 Å². The number of fused-ring (bicyclic) bond motifs is 1. The van der Waals surface area contributed by atoms with Crippen LogP contribution in [0.5, 0.6) is 5.88 Å². The van der Waals surface area contributed by atoms with Crippen LogP contribution in [-0.4, -0.2) is 17.9 Å². The summed E-state index contributed by atoms with van der Waals surface area (Å²) < 4.78 is 5.15. The maximum Gasteiger partial charge on any atom is 0.221 e. The van der Waals surface area contributed by atoms with E-state index in [-0.39, 0.29) is 5.84 Å². The van der Waals surface area contributed by atoms with Gasteiger partial charge < -0.3 is 10.5 Å². The van der Waals surface area contributed by atoms with Crippen molar-refractivity contribution in [2.45, 2.75) is 0 Å². The maximum atomic E-state index is 7.34. The summed E-state index contributed by atoms with van der Waals surface area (Å²) in [6.07, 6.45) is 0. The number of aromatic nitrogens is 1. The van der Waals surface area contributed by atoms with Gasteiger partial charge in [-0.1, -0.05) is 18.2 Å². The number of nitrogens with two attached hydrogens (primary N) is 1. The molecule has 15 heavy (non-hydrogen) atoms. The maximum absolute atomic E-state index is 7.34. The molecule has 0 spiro atoms. The number of nitrogens with one attached hydrogen (secondary N) is 1. The highest BCUT2D eigenvalue weighted by Gasteiger charge is 2.06. The second-order valence-corrected chi connectivity index (χ2v) is 3.15. The molecule has 0 fully saturated rings. The van der Waals surface area contributed by atoms with E-state index in [1.165, 1.54) is 0 Å². The average Bonchev–Trinajstić information content (AvgIpc) is 2.27. The molecule has 0 saturated heterocycles. The molecule has 0 aliphatic rings. The van der Waals surface area contributed by atoms with Gasteiger partial charge in [0.2, 0.25) is 5.88 Å². The van der Waals surface area contributed by atoms with Crippen molar-refractivity contribution in [3.05, 3.63) is 36.0 Å². The lowest BCUT2D eigenvalue weighted by molar-refractivity contribution is 0.403. The Hall–Kier alpha value is -2.10. The van der Waals surface area contributed by atoms with Gasteiger partial charge in [0.25, 0.3) is 0 Å². The monoisotopic (exact) mass is 201 g/mol. The van der Waals surface area contributed by atoms with Crippen LogP contribution in [0, 0.1) is 5.41 Å². The molecule has 0 radical (unpaired) electrons. The lowest BCUT2D eigenvalue weighted by Crippen LogP contribution is -2.13. The number of hydrogen-bond acceptors (Lipinski definition) is 3. The third kappa shape index (κ3) is 1.61. The third-order valence-corrected chi connectivity index (χ3v) is 2.17. The first-order valence-electron chi connectivity index (χ1n) is 4.50. The highest BCUT2D eigenvalue weighted by molar-refractivity contribution is 5.98. The van der Waals surface area contributed by atoms with Crippen LogP contribution in [0.1, 0.15) is 5.69 Å². The molecular weight excluding hydrogens is 190 g/mol. The van der Waals surface area contributed by atoms with E-state index in [9.17, 15) is 0 Å². The second kappa shape index (κ2) is 3.57. The van der Waals surface area contributed by atoms with E-state index >= 15 is 0 Å². The van der Waals surface area contributed by atoms with Crippen molar-refractivity contribution in [3.63, 3.8) is 0 Å². The van der Waals surface area contributed by atoms with Gasteiger partial charge in [-0.25, -0.2) is 4.98 Å².